The molecule has 2 nitrogen and oxygen atoms in total. The molecule has 0 spiro atoms. The average Bonchev–Trinajstić information content (AvgIpc) is 2.97. The molecule has 0 saturated heterocycles. The van der Waals surface area contributed by atoms with Gasteiger partial charge in [-0.2, -0.15) is 0 Å². The minimum atomic E-state index is -0.806. The van der Waals surface area contributed by atoms with E-state index in [9.17, 15) is 9.90 Å². The second-order valence-electron chi connectivity index (χ2n) is 5.40. The molecular weight excluding hydrogens is 224 g/mol. The van der Waals surface area contributed by atoms with Crippen molar-refractivity contribution >= 4 is 17.6 Å². The summed E-state index contributed by atoms with van der Waals surface area (Å²) in [6.07, 6.45) is 6.83. The number of carbonyl (C=O) groups is 1. The Balaban J connectivity index is 2.30. The van der Waals surface area contributed by atoms with Crippen LogP contribution in [-0.2, 0) is 4.79 Å². The molecule has 1 unspecified atom stereocenters. The minimum absolute atomic E-state index is 0.0509. The van der Waals surface area contributed by atoms with Crippen LogP contribution in [0.2, 0.25) is 0 Å². The van der Waals surface area contributed by atoms with Crippen LogP contribution < -0.4 is 0 Å². The van der Waals surface area contributed by atoms with Crippen LogP contribution in [0.4, 0.5) is 0 Å². The average molecular weight is 241 g/mol. The maximum atomic E-state index is 11.2. The van der Waals surface area contributed by atoms with Gasteiger partial charge in [-0.25, -0.2) is 4.79 Å². The van der Waals surface area contributed by atoms with Gasteiger partial charge in [0.1, 0.15) is 0 Å². The quantitative estimate of drug-likeness (QED) is 0.819. The van der Waals surface area contributed by atoms with Crippen molar-refractivity contribution in [1.29, 1.82) is 0 Å². The molecule has 0 amide bonds. The molecule has 0 aromatic rings. The number of hydrogen-bond acceptors (Lipinski definition) is 1. The number of carboxylic acids is 1. The summed E-state index contributed by atoms with van der Waals surface area (Å²) in [7, 11) is 0. The van der Waals surface area contributed by atoms with E-state index >= 15 is 0 Å². The predicted molar refractivity (Wildman–Crippen MR) is 64.3 cm³/mol. The Morgan fingerprint density at radius 3 is 2.62 bits per heavy atom. The first-order valence-corrected chi connectivity index (χ1v) is 6.12. The summed E-state index contributed by atoms with van der Waals surface area (Å²) in [4.78, 5) is 11.2. The maximum Gasteiger partial charge on any atom is 0.331 e. The first-order chi connectivity index (χ1) is 7.43. The molecule has 1 atom stereocenters. The Bertz CT molecular complexity index is 375. The molecule has 0 aromatic carbocycles. The van der Waals surface area contributed by atoms with E-state index in [1.807, 2.05) is 13.8 Å². The summed E-state index contributed by atoms with van der Waals surface area (Å²) < 4.78 is 0. The Labute approximate surface area is 101 Å². The summed E-state index contributed by atoms with van der Waals surface area (Å²) in [6, 6.07) is 0. The van der Waals surface area contributed by atoms with Gasteiger partial charge in [0.25, 0.3) is 0 Å². The summed E-state index contributed by atoms with van der Waals surface area (Å²) in [6.45, 7) is 4.07. The van der Waals surface area contributed by atoms with Gasteiger partial charge in [0, 0.05) is 21.9 Å². The van der Waals surface area contributed by atoms with Crippen LogP contribution in [0.1, 0.15) is 33.1 Å². The van der Waals surface area contributed by atoms with Crippen molar-refractivity contribution in [2.45, 2.75) is 33.1 Å². The third-order valence-electron chi connectivity index (χ3n) is 3.78. The van der Waals surface area contributed by atoms with Crippen LogP contribution in [0, 0.1) is 17.3 Å². The molecule has 2 rings (SSSR count). The Morgan fingerprint density at radius 2 is 2.12 bits per heavy atom. The molecule has 16 heavy (non-hydrogen) atoms. The Morgan fingerprint density at radius 1 is 1.50 bits per heavy atom. The standard InChI is InChI=1S/C13H17ClO2/c1-13(2)10(7-8-3-4-8)9(12(15)16)5-6-11(13)14/h5-6,8,10H,3-4,7H2,1-2H3,(H,15,16). The zero-order valence-electron chi connectivity index (χ0n) is 9.66. The van der Waals surface area contributed by atoms with Crippen molar-refractivity contribution in [1.82, 2.24) is 0 Å². The molecule has 3 heteroatoms. The molecule has 1 N–H and O–H groups in total. The zero-order valence-corrected chi connectivity index (χ0v) is 10.4. The van der Waals surface area contributed by atoms with Crippen LogP contribution >= 0.6 is 11.6 Å². The van der Waals surface area contributed by atoms with Gasteiger partial charge in [0.15, 0.2) is 0 Å². The Kier molecular flexibility index (Phi) is 2.87. The number of aliphatic carboxylic acids is 1. The van der Waals surface area contributed by atoms with Crippen LogP contribution in [0.25, 0.3) is 0 Å². The number of halogens is 1. The summed E-state index contributed by atoms with van der Waals surface area (Å²) >= 11 is 6.20. The van der Waals surface area contributed by atoms with Gasteiger partial charge >= 0.3 is 5.97 Å². The molecule has 2 aliphatic carbocycles. The van der Waals surface area contributed by atoms with Crippen LogP contribution in [-0.4, -0.2) is 11.1 Å². The van der Waals surface area contributed by atoms with E-state index in [0.717, 1.165) is 11.5 Å². The van der Waals surface area contributed by atoms with Crippen LogP contribution in [0.3, 0.4) is 0 Å². The first-order valence-electron chi connectivity index (χ1n) is 5.74. The van der Waals surface area contributed by atoms with Crippen molar-refractivity contribution in [2.24, 2.45) is 17.3 Å². The molecule has 0 aliphatic heterocycles. The minimum Gasteiger partial charge on any atom is -0.478 e. The van der Waals surface area contributed by atoms with Gasteiger partial charge in [-0.3, -0.25) is 0 Å². The molecule has 0 aromatic heterocycles. The topological polar surface area (TPSA) is 37.3 Å². The molecule has 1 fully saturated rings. The molecular formula is C13H17ClO2. The van der Waals surface area contributed by atoms with Crippen molar-refractivity contribution < 1.29 is 9.90 Å². The van der Waals surface area contributed by atoms with Gasteiger partial charge < -0.3 is 5.11 Å². The van der Waals surface area contributed by atoms with E-state index in [0.29, 0.717) is 11.5 Å². The lowest BCUT2D eigenvalue weighted by Gasteiger charge is -2.37. The second-order valence-corrected chi connectivity index (χ2v) is 5.80. The number of carboxylic acid groups (broad SMARTS) is 1. The lowest BCUT2D eigenvalue weighted by atomic mass is 9.69. The van der Waals surface area contributed by atoms with Crippen LogP contribution in [0.5, 0.6) is 0 Å². The highest BCUT2D eigenvalue weighted by Gasteiger charge is 2.42. The Hall–Kier alpha value is -0.760. The lowest BCUT2D eigenvalue weighted by Crippen LogP contribution is -2.31. The largest absolute Gasteiger partial charge is 0.478 e. The summed E-state index contributed by atoms with van der Waals surface area (Å²) in [5.41, 5.74) is 0.272. The normalized spacial score (nSPS) is 28.3. The van der Waals surface area contributed by atoms with E-state index in [1.54, 1.807) is 12.2 Å². The van der Waals surface area contributed by atoms with Gasteiger partial charge in [0.05, 0.1) is 0 Å². The van der Waals surface area contributed by atoms with E-state index in [2.05, 4.69) is 0 Å². The predicted octanol–water partition coefficient (Wildman–Crippen LogP) is 3.58. The van der Waals surface area contributed by atoms with Gasteiger partial charge in [-0.15, -0.1) is 0 Å². The SMILES string of the molecule is CC1(C)C(Cl)=CC=C(C(=O)O)C1CC1CC1. The van der Waals surface area contributed by atoms with E-state index in [-0.39, 0.29) is 11.3 Å². The van der Waals surface area contributed by atoms with Crippen molar-refractivity contribution in [2.75, 3.05) is 0 Å². The molecule has 2 aliphatic rings. The lowest BCUT2D eigenvalue weighted by molar-refractivity contribution is -0.133. The monoisotopic (exact) mass is 240 g/mol. The highest BCUT2D eigenvalue weighted by molar-refractivity contribution is 6.30. The fourth-order valence-corrected chi connectivity index (χ4v) is 2.57. The summed E-state index contributed by atoms with van der Waals surface area (Å²) in [5, 5.41) is 9.99. The number of allylic oxidation sites excluding steroid dienone is 3. The fraction of sp³-hybridized carbons (Fsp3) is 0.615. The second kappa shape index (κ2) is 3.92. The number of rotatable bonds is 3. The molecule has 88 valence electrons. The van der Waals surface area contributed by atoms with Gasteiger partial charge in [-0.05, 0) is 18.4 Å². The molecule has 0 bridgehead atoms. The van der Waals surface area contributed by atoms with Crippen molar-refractivity contribution in [3.8, 4) is 0 Å². The van der Waals surface area contributed by atoms with E-state index in [4.69, 9.17) is 11.6 Å². The molecule has 0 heterocycles. The maximum absolute atomic E-state index is 11.2. The van der Waals surface area contributed by atoms with Gasteiger partial charge in [-0.1, -0.05) is 44.4 Å². The number of hydrogen-bond donors (Lipinski definition) is 1. The van der Waals surface area contributed by atoms with Gasteiger partial charge in [0.2, 0.25) is 0 Å². The third-order valence-corrected chi connectivity index (χ3v) is 4.40. The third kappa shape index (κ3) is 2.03. The van der Waals surface area contributed by atoms with Crippen LogP contribution in [0.15, 0.2) is 22.8 Å². The van der Waals surface area contributed by atoms with Crippen molar-refractivity contribution in [3.63, 3.8) is 0 Å². The smallest absolute Gasteiger partial charge is 0.331 e. The highest BCUT2D eigenvalue weighted by Crippen LogP contribution is 2.50. The fourth-order valence-electron chi connectivity index (χ4n) is 2.38. The zero-order chi connectivity index (χ0) is 11.9. The van der Waals surface area contributed by atoms with Crippen molar-refractivity contribution in [3.05, 3.63) is 22.8 Å². The molecule has 1 saturated carbocycles. The first kappa shape index (κ1) is 11.7. The highest BCUT2D eigenvalue weighted by atomic mass is 35.5. The van der Waals surface area contributed by atoms with E-state index in [1.165, 1.54) is 12.8 Å². The molecule has 0 radical (unpaired) electrons. The van der Waals surface area contributed by atoms with E-state index < -0.39 is 5.97 Å². The summed E-state index contributed by atoms with van der Waals surface area (Å²) in [5.74, 6) is -0.0521.